The van der Waals surface area contributed by atoms with Gasteiger partial charge in [-0.25, -0.2) is 0 Å². The van der Waals surface area contributed by atoms with Gasteiger partial charge in [-0.3, -0.25) is 9.59 Å². The molecule has 0 aliphatic rings. The van der Waals surface area contributed by atoms with Crippen LogP contribution in [-0.2, 0) is 14.3 Å². The van der Waals surface area contributed by atoms with Crippen molar-refractivity contribution in [1.29, 1.82) is 0 Å². The van der Waals surface area contributed by atoms with Crippen LogP contribution in [0.5, 0.6) is 0 Å². The van der Waals surface area contributed by atoms with Crippen molar-refractivity contribution in [1.82, 2.24) is 5.32 Å². The molecular formula is C60H119NO5. The second-order valence-corrected chi connectivity index (χ2v) is 21.1. The zero-order valence-corrected chi connectivity index (χ0v) is 45.0. The molecule has 2 unspecified atom stereocenters. The van der Waals surface area contributed by atoms with E-state index in [0.717, 1.165) is 38.5 Å². The molecule has 394 valence electrons. The van der Waals surface area contributed by atoms with Crippen molar-refractivity contribution < 1.29 is 24.5 Å². The van der Waals surface area contributed by atoms with E-state index in [4.69, 9.17) is 4.74 Å². The highest BCUT2D eigenvalue weighted by Crippen LogP contribution is 2.18. The molecular weight excluding hydrogens is 815 g/mol. The molecule has 0 aliphatic heterocycles. The Kier molecular flexibility index (Phi) is 55.5. The summed E-state index contributed by atoms with van der Waals surface area (Å²) in [4.78, 5) is 24.5. The summed E-state index contributed by atoms with van der Waals surface area (Å²) in [5, 5.41) is 23.1. The molecule has 3 N–H and O–H groups in total. The predicted molar refractivity (Wildman–Crippen MR) is 287 cm³/mol. The Labute approximate surface area is 413 Å². The van der Waals surface area contributed by atoms with Gasteiger partial charge in [-0.1, -0.05) is 309 Å². The summed E-state index contributed by atoms with van der Waals surface area (Å²) in [6.45, 7) is 4.96. The zero-order chi connectivity index (χ0) is 47.9. The number of ether oxygens (including phenoxy) is 1. The summed E-state index contributed by atoms with van der Waals surface area (Å²) in [7, 11) is 0. The van der Waals surface area contributed by atoms with Gasteiger partial charge < -0.3 is 20.3 Å². The van der Waals surface area contributed by atoms with Crippen LogP contribution < -0.4 is 5.32 Å². The number of unbranched alkanes of at least 4 members (excludes halogenated alkanes) is 46. The Morgan fingerprint density at radius 2 is 0.621 bits per heavy atom. The van der Waals surface area contributed by atoms with E-state index in [0.29, 0.717) is 25.9 Å². The summed E-state index contributed by atoms with van der Waals surface area (Å²) in [6, 6.07) is -0.539. The SMILES string of the molecule is CCCCCCCCCCCCCCCCCCCCCC(=O)OCCCCCCCCCCCCCCCCCCCCCCCC(=O)NC(CO)C(O)CCCCCCCCCCC. The Bertz CT molecular complexity index is 944. The van der Waals surface area contributed by atoms with Gasteiger partial charge in [-0.15, -0.1) is 0 Å². The first-order valence-electron chi connectivity index (χ1n) is 30.3. The van der Waals surface area contributed by atoms with Crippen LogP contribution in [0.3, 0.4) is 0 Å². The Balaban J connectivity index is 3.31. The summed E-state index contributed by atoms with van der Waals surface area (Å²) in [6.07, 6.45) is 65.5. The molecule has 66 heavy (non-hydrogen) atoms. The first-order valence-corrected chi connectivity index (χ1v) is 30.3. The van der Waals surface area contributed by atoms with Gasteiger partial charge in [-0.05, 0) is 25.7 Å². The smallest absolute Gasteiger partial charge is 0.305 e. The molecule has 0 aromatic carbocycles. The zero-order valence-electron chi connectivity index (χ0n) is 45.0. The number of hydrogen-bond donors (Lipinski definition) is 3. The first kappa shape index (κ1) is 64.9. The van der Waals surface area contributed by atoms with Crippen molar-refractivity contribution in [3.05, 3.63) is 0 Å². The minimum Gasteiger partial charge on any atom is -0.466 e. The molecule has 0 fully saturated rings. The lowest BCUT2D eigenvalue weighted by Crippen LogP contribution is -2.45. The highest BCUT2D eigenvalue weighted by molar-refractivity contribution is 5.76. The number of nitrogens with one attached hydrogen (secondary N) is 1. The summed E-state index contributed by atoms with van der Waals surface area (Å²) < 4.78 is 5.50. The largest absolute Gasteiger partial charge is 0.466 e. The van der Waals surface area contributed by atoms with Crippen molar-refractivity contribution >= 4 is 11.9 Å². The van der Waals surface area contributed by atoms with E-state index < -0.39 is 12.1 Å². The third-order valence-corrected chi connectivity index (χ3v) is 14.4. The van der Waals surface area contributed by atoms with Crippen LogP contribution in [-0.4, -0.2) is 47.4 Å². The molecule has 0 aromatic heterocycles. The second-order valence-electron chi connectivity index (χ2n) is 21.1. The Morgan fingerprint density at radius 1 is 0.364 bits per heavy atom. The number of esters is 1. The van der Waals surface area contributed by atoms with Crippen molar-refractivity contribution in [2.45, 2.75) is 360 Å². The quantitative estimate of drug-likeness (QED) is 0.0417. The standard InChI is InChI=1S/C60H119NO5/c1-3-5-7-9-11-13-14-15-16-17-21-25-28-31-34-38-42-46-50-54-60(65)66-55-51-47-43-39-35-32-29-26-23-20-18-19-22-24-27-30-33-37-41-45-49-53-59(64)61-57(56-62)58(63)52-48-44-40-36-12-10-8-6-4-2/h57-58,62-63H,3-56H2,1-2H3,(H,61,64). The highest BCUT2D eigenvalue weighted by atomic mass is 16.5. The third-order valence-electron chi connectivity index (χ3n) is 14.4. The summed E-state index contributed by atoms with van der Waals surface area (Å²) in [5.41, 5.74) is 0. The van der Waals surface area contributed by atoms with Crippen LogP contribution in [0.1, 0.15) is 348 Å². The fourth-order valence-corrected chi connectivity index (χ4v) is 9.76. The van der Waals surface area contributed by atoms with Gasteiger partial charge in [0.15, 0.2) is 0 Å². The molecule has 0 spiro atoms. The van der Waals surface area contributed by atoms with Crippen molar-refractivity contribution in [2.75, 3.05) is 13.2 Å². The number of carbonyl (C=O) groups is 2. The maximum atomic E-state index is 12.4. The number of amides is 1. The van der Waals surface area contributed by atoms with Gasteiger partial charge in [0.25, 0.3) is 0 Å². The molecule has 0 rings (SSSR count). The minimum atomic E-state index is -0.661. The third kappa shape index (κ3) is 52.2. The maximum absolute atomic E-state index is 12.4. The highest BCUT2D eigenvalue weighted by Gasteiger charge is 2.20. The lowest BCUT2D eigenvalue weighted by atomic mass is 10.0. The molecule has 0 heterocycles. The molecule has 6 heteroatoms. The molecule has 1 amide bonds. The average molecular weight is 935 g/mol. The number of carbonyl (C=O) groups excluding carboxylic acids is 2. The fraction of sp³-hybridized carbons (Fsp3) is 0.967. The monoisotopic (exact) mass is 934 g/mol. The topological polar surface area (TPSA) is 95.9 Å². The predicted octanol–water partition coefficient (Wildman–Crippen LogP) is 18.7. The molecule has 0 radical (unpaired) electrons. The fourth-order valence-electron chi connectivity index (χ4n) is 9.76. The van der Waals surface area contributed by atoms with Crippen LogP contribution in [0.2, 0.25) is 0 Å². The number of rotatable bonds is 57. The van der Waals surface area contributed by atoms with Gasteiger partial charge in [0, 0.05) is 12.8 Å². The summed E-state index contributed by atoms with van der Waals surface area (Å²) >= 11 is 0. The second kappa shape index (κ2) is 56.4. The van der Waals surface area contributed by atoms with Gasteiger partial charge >= 0.3 is 5.97 Å². The first-order chi connectivity index (χ1) is 32.5. The molecule has 0 saturated heterocycles. The number of aliphatic hydroxyl groups is 2. The van der Waals surface area contributed by atoms with Gasteiger partial charge in [0.1, 0.15) is 0 Å². The Morgan fingerprint density at radius 3 is 0.924 bits per heavy atom. The van der Waals surface area contributed by atoms with E-state index >= 15 is 0 Å². The van der Waals surface area contributed by atoms with Crippen LogP contribution in [0.15, 0.2) is 0 Å². The van der Waals surface area contributed by atoms with Gasteiger partial charge in [0.05, 0.1) is 25.4 Å². The lowest BCUT2D eigenvalue weighted by molar-refractivity contribution is -0.143. The van der Waals surface area contributed by atoms with E-state index in [1.165, 1.54) is 276 Å². The molecule has 0 saturated carbocycles. The summed E-state index contributed by atoms with van der Waals surface area (Å²) in [5.74, 6) is -0.0190. The van der Waals surface area contributed by atoms with E-state index in [-0.39, 0.29) is 18.5 Å². The molecule has 0 aliphatic carbocycles. The van der Waals surface area contributed by atoms with Crippen LogP contribution in [0.25, 0.3) is 0 Å². The lowest BCUT2D eigenvalue weighted by Gasteiger charge is -2.22. The van der Waals surface area contributed by atoms with Crippen LogP contribution in [0, 0.1) is 0 Å². The molecule has 2 atom stereocenters. The maximum Gasteiger partial charge on any atom is 0.305 e. The van der Waals surface area contributed by atoms with Gasteiger partial charge in [-0.2, -0.15) is 0 Å². The minimum absolute atomic E-state index is 0.0175. The molecule has 0 bridgehead atoms. The normalized spacial score (nSPS) is 12.5. The van der Waals surface area contributed by atoms with E-state index in [1.54, 1.807) is 0 Å². The van der Waals surface area contributed by atoms with E-state index in [2.05, 4.69) is 19.2 Å². The van der Waals surface area contributed by atoms with Crippen molar-refractivity contribution in [3.63, 3.8) is 0 Å². The van der Waals surface area contributed by atoms with Crippen molar-refractivity contribution in [2.24, 2.45) is 0 Å². The number of hydrogen-bond acceptors (Lipinski definition) is 5. The van der Waals surface area contributed by atoms with Crippen molar-refractivity contribution in [3.8, 4) is 0 Å². The van der Waals surface area contributed by atoms with E-state index in [9.17, 15) is 19.8 Å². The van der Waals surface area contributed by atoms with Gasteiger partial charge in [0.2, 0.25) is 5.91 Å². The average Bonchev–Trinajstić information content (AvgIpc) is 3.32. The number of aliphatic hydroxyl groups excluding tert-OH is 2. The van der Waals surface area contributed by atoms with Crippen LogP contribution >= 0.6 is 0 Å². The van der Waals surface area contributed by atoms with Crippen LogP contribution in [0.4, 0.5) is 0 Å². The Hall–Kier alpha value is -1.14. The molecule has 0 aromatic rings. The molecule has 6 nitrogen and oxygen atoms in total. The van der Waals surface area contributed by atoms with E-state index in [1.807, 2.05) is 0 Å².